The maximum atomic E-state index is 6.12. The van der Waals surface area contributed by atoms with Crippen LogP contribution in [0.1, 0.15) is 0 Å². The Balaban J connectivity index is 1.25. The molecule has 47 heavy (non-hydrogen) atoms. The van der Waals surface area contributed by atoms with E-state index in [-0.39, 0.29) is 0 Å². The quantitative estimate of drug-likeness (QED) is 0.141. The first-order valence-corrected chi connectivity index (χ1v) is 16.1. The van der Waals surface area contributed by atoms with Gasteiger partial charge < -0.3 is 4.74 Å². The Labute approximate surface area is 273 Å². The van der Waals surface area contributed by atoms with Crippen LogP contribution in [-0.4, -0.2) is 0 Å². The number of benzene rings is 9. The molecule has 0 N–H and O–H groups in total. The Kier molecular flexibility index (Phi) is 6.54. The van der Waals surface area contributed by atoms with Crippen molar-refractivity contribution in [2.75, 3.05) is 0 Å². The Morgan fingerprint density at radius 3 is 1.36 bits per heavy atom. The maximum Gasteiger partial charge on any atom is 0.127 e. The lowest BCUT2D eigenvalue weighted by Gasteiger charge is -2.19. The van der Waals surface area contributed by atoms with Crippen molar-refractivity contribution < 1.29 is 4.74 Å². The number of para-hydroxylation sites is 1. The van der Waals surface area contributed by atoms with Crippen LogP contribution in [0.3, 0.4) is 0 Å². The van der Waals surface area contributed by atoms with Crippen molar-refractivity contribution in [3.63, 3.8) is 0 Å². The van der Waals surface area contributed by atoms with Crippen molar-refractivity contribution in [1.29, 1.82) is 0 Å². The minimum Gasteiger partial charge on any atom is -0.457 e. The summed E-state index contributed by atoms with van der Waals surface area (Å²) < 4.78 is 6.12. The predicted octanol–water partition coefficient (Wildman–Crippen LogP) is 13.1. The van der Waals surface area contributed by atoms with Gasteiger partial charge >= 0.3 is 0 Å². The standard InChI is InChI=1S/C46H30O/c1-3-13-31(14-4-1)43-29-33-23-24-34(30-44(33)38-18-8-7-17-37(38)43)46-41-21-11-9-19-39(41)45(40-20-10-12-22-42(40)46)32-25-27-36(28-26-32)47-35-15-5-2-6-16-35/h1-30H. The Morgan fingerprint density at radius 1 is 0.277 bits per heavy atom. The lowest BCUT2D eigenvalue weighted by Crippen LogP contribution is -1.91. The zero-order valence-corrected chi connectivity index (χ0v) is 25.7. The van der Waals surface area contributed by atoms with E-state index in [1.54, 1.807) is 0 Å². The van der Waals surface area contributed by atoms with Gasteiger partial charge in [0.1, 0.15) is 11.5 Å². The van der Waals surface area contributed by atoms with Gasteiger partial charge in [-0.15, -0.1) is 0 Å². The smallest absolute Gasteiger partial charge is 0.127 e. The molecule has 220 valence electrons. The third-order valence-corrected chi connectivity index (χ3v) is 9.29. The predicted molar refractivity (Wildman–Crippen MR) is 199 cm³/mol. The fourth-order valence-corrected chi connectivity index (χ4v) is 7.18. The summed E-state index contributed by atoms with van der Waals surface area (Å²) >= 11 is 0. The molecule has 0 aliphatic carbocycles. The molecule has 0 aliphatic heterocycles. The van der Waals surface area contributed by atoms with Crippen molar-refractivity contribution in [3.05, 3.63) is 182 Å². The van der Waals surface area contributed by atoms with Gasteiger partial charge in [0, 0.05) is 0 Å². The molecule has 1 heteroatoms. The highest BCUT2D eigenvalue weighted by Gasteiger charge is 2.18. The molecule has 0 radical (unpaired) electrons. The number of ether oxygens (including phenoxy) is 1. The van der Waals surface area contributed by atoms with Crippen LogP contribution >= 0.6 is 0 Å². The first kappa shape index (κ1) is 27.2. The Morgan fingerprint density at radius 2 is 0.745 bits per heavy atom. The molecule has 9 aromatic carbocycles. The Bertz CT molecular complexity index is 2510. The van der Waals surface area contributed by atoms with Gasteiger partial charge in [-0.25, -0.2) is 0 Å². The van der Waals surface area contributed by atoms with Gasteiger partial charge in [0.2, 0.25) is 0 Å². The summed E-state index contributed by atoms with van der Waals surface area (Å²) in [6.45, 7) is 0. The third-order valence-electron chi connectivity index (χ3n) is 9.29. The van der Waals surface area contributed by atoms with Crippen molar-refractivity contribution in [2.24, 2.45) is 0 Å². The van der Waals surface area contributed by atoms with Crippen LogP contribution in [-0.2, 0) is 0 Å². The van der Waals surface area contributed by atoms with Gasteiger partial charge in [-0.3, -0.25) is 0 Å². The monoisotopic (exact) mass is 598 g/mol. The van der Waals surface area contributed by atoms with Gasteiger partial charge in [-0.2, -0.15) is 0 Å². The summed E-state index contributed by atoms with van der Waals surface area (Å²) in [5.41, 5.74) is 7.40. The summed E-state index contributed by atoms with van der Waals surface area (Å²) in [6, 6.07) is 65.0. The minimum absolute atomic E-state index is 0.823. The largest absolute Gasteiger partial charge is 0.457 e. The van der Waals surface area contributed by atoms with E-state index in [2.05, 4.69) is 152 Å². The molecule has 0 saturated heterocycles. The highest BCUT2D eigenvalue weighted by atomic mass is 16.5. The second kappa shape index (κ2) is 11.3. The normalized spacial score (nSPS) is 11.4. The molecular formula is C46H30O. The second-order valence-corrected chi connectivity index (χ2v) is 12.1. The number of fused-ring (bicyclic) bond motifs is 5. The third kappa shape index (κ3) is 4.72. The summed E-state index contributed by atoms with van der Waals surface area (Å²) in [6.07, 6.45) is 0. The van der Waals surface area contributed by atoms with Crippen LogP contribution in [0.25, 0.3) is 76.5 Å². The van der Waals surface area contributed by atoms with Gasteiger partial charge in [0.05, 0.1) is 0 Å². The van der Waals surface area contributed by atoms with E-state index >= 15 is 0 Å². The zero-order valence-electron chi connectivity index (χ0n) is 25.7. The fraction of sp³-hybridized carbons (Fsp3) is 0. The van der Waals surface area contributed by atoms with Gasteiger partial charge in [0.15, 0.2) is 0 Å². The van der Waals surface area contributed by atoms with Gasteiger partial charge in [-0.1, -0.05) is 146 Å². The molecule has 0 aliphatic rings. The molecule has 0 atom stereocenters. The van der Waals surface area contributed by atoms with E-state index in [0.717, 1.165) is 11.5 Å². The van der Waals surface area contributed by atoms with Crippen LogP contribution in [0.2, 0.25) is 0 Å². The second-order valence-electron chi connectivity index (χ2n) is 12.1. The minimum atomic E-state index is 0.823. The summed E-state index contributed by atoms with van der Waals surface area (Å²) in [4.78, 5) is 0. The summed E-state index contributed by atoms with van der Waals surface area (Å²) in [7, 11) is 0. The Hall–Kier alpha value is -6.18. The molecule has 0 saturated carbocycles. The highest BCUT2D eigenvalue weighted by molar-refractivity contribution is 6.22. The molecule has 0 amide bonds. The lowest BCUT2D eigenvalue weighted by atomic mass is 9.85. The van der Waals surface area contributed by atoms with Crippen LogP contribution in [0.4, 0.5) is 0 Å². The van der Waals surface area contributed by atoms with E-state index in [1.165, 1.54) is 76.5 Å². The molecule has 0 heterocycles. The van der Waals surface area contributed by atoms with Crippen molar-refractivity contribution in [3.8, 4) is 44.9 Å². The molecular weight excluding hydrogens is 569 g/mol. The molecule has 9 rings (SSSR count). The van der Waals surface area contributed by atoms with E-state index in [1.807, 2.05) is 30.3 Å². The zero-order chi connectivity index (χ0) is 31.2. The molecule has 0 bridgehead atoms. The summed E-state index contributed by atoms with van der Waals surface area (Å²) in [5, 5.41) is 10.0. The van der Waals surface area contributed by atoms with Crippen LogP contribution in [0.5, 0.6) is 11.5 Å². The molecule has 0 aromatic heterocycles. The highest BCUT2D eigenvalue weighted by Crippen LogP contribution is 2.45. The van der Waals surface area contributed by atoms with E-state index in [9.17, 15) is 0 Å². The lowest BCUT2D eigenvalue weighted by molar-refractivity contribution is 0.483. The SMILES string of the molecule is c1ccc(Oc2ccc(-c3c4ccccc4c(-c4ccc5cc(-c6ccccc6)c6ccccc6c5c4)c4ccccc34)cc2)cc1. The number of hydrogen-bond donors (Lipinski definition) is 0. The van der Waals surface area contributed by atoms with Crippen molar-refractivity contribution >= 4 is 43.1 Å². The van der Waals surface area contributed by atoms with Crippen LogP contribution in [0, 0.1) is 0 Å². The maximum absolute atomic E-state index is 6.12. The van der Waals surface area contributed by atoms with Crippen LogP contribution < -0.4 is 4.74 Å². The summed E-state index contributed by atoms with van der Waals surface area (Å²) in [5.74, 6) is 1.66. The van der Waals surface area contributed by atoms with Gasteiger partial charge in [0.25, 0.3) is 0 Å². The molecule has 0 fully saturated rings. The molecule has 9 aromatic rings. The average molecular weight is 599 g/mol. The first-order valence-electron chi connectivity index (χ1n) is 16.1. The van der Waals surface area contributed by atoms with Gasteiger partial charge in [-0.05, 0) is 113 Å². The molecule has 1 nitrogen and oxygen atoms in total. The van der Waals surface area contributed by atoms with E-state index < -0.39 is 0 Å². The number of hydrogen-bond acceptors (Lipinski definition) is 1. The molecule has 0 unspecified atom stereocenters. The first-order chi connectivity index (χ1) is 23.3. The average Bonchev–Trinajstić information content (AvgIpc) is 3.14. The molecule has 0 spiro atoms. The van der Waals surface area contributed by atoms with E-state index in [4.69, 9.17) is 4.74 Å². The topological polar surface area (TPSA) is 9.23 Å². The van der Waals surface area contributed by atoms with E-state index in [0.29, 0.717) is 0 Å². The van der Waals surface area contributed by atoms with Crippen LogP contribution in [0.15, 0.2) is 182 Å². The van der Waals surface area contributed by atoms with Crippen molar-refractivity contribution in [1.82, 2.24) is 0 Å². The fourth-order valence-electron chi connectivity index (χ4n) is 7.18. The number of rotatable bonds is 5. The van der Waals surface area contributed by atoms with Crippen molar-refractivity contribution in [2.45, 2.75) is 0 Å².